The number of rotatable bonds is 32. The summed E-state index contributed by atoms with van der Waals surface area (Å²) in [5.74, 6) is -1.29. The lowest BCUT2D eigenvalue weighted by Crippen LogP contribution is -2.31. The molecule has 0 spiro atoms. The van der Waals surface area contributed by atoms with Gasteiger partial charge in [-0.25, -0.2) is 14.4 Å². The Morgan fingerprint density at radius 1 is 0.409 bits per heavy atom. The number of esters is 6. The molecule has 15 heteroatoms. The Morgan fingerprint density at radius 2 is 0.697 bits per heavy atom. The van der Waals surface area contributed by atoms with Gasteiger partial charge in [0.25, 0.3) is 0 Å². The molecular formula is C51H62O15. The fourth-order valence-corrected chi connectivity index (χ4v) is 5.83. The molecule has 0 amide bonds. The lowest BCUT2D eigenvalue weighted by molar-refractivity contribution is -0.167. The van der Waals surface area contributed by atoms with Gasteiger partial charge in [-0.05, 0) is 112 Å². The minimum absolute atomic E-state index is 0.0474. The van der Waals surface area contributed by atoms with Gasteiger partial charge in [-0.3, -0.25) is 14.4 Å². The van der Waals surface area contributed by atoms with Gasteiger partial charge in [0, 0.05) is 19.3 Å². The second-order valence-corrected chi connectivity index (χ2v) is 14.6. The molecule has 0 aliphatic carbocycles. The molecule has 0 aliphatic rings. The van der Waals surface area contributed by atoms with Gasteiger partial charge in [-0.1, -0.05) is 56.1 Å². The van der Waals surface area contributed by atoms with Crippen LogP contribution in [0, 0.1) is 0 Å². The summed E-state index contributed by atoms with van der Waals surface area (Å²) in [4.78, 5) is 73.9. The molecule has 0 aromatic heterocycles. The molecule has 3 aromatic carbocycles. The molecule has 0 saturated carbocycles. The van der Waals surface area contributed by atoms with E-state index in [9.17, 15) is 28.8 Å². The number of hydrogen-bond donors (Lipinski definition) is 0. The fourth-order valence-electron chi connectivity index (χ4n) is 5.83. The monoisotopic (exact) mass is 914 g/mol. The highest BCUT2D eigenvalue weighted by Gasteiger charge is 2.20. The molecule has 0 bridgehead atoms. The maximum absolute atomic E-state index is 12.8. The van der Waals surface area contributed by atoms with Crippen LogP contribution in [0.15, 0.2) is 92.5 Å². The Balaban J connectivity index is 1.42. The zero-order valence-corrected chi connectivity index (χ0v) is 38.3. The van der Waals surface area contributed by atoms with Crippen molar-refractivity contribution >= 4 is 52.5 Å². The first-order valence-corrected chi connectivity index (χ1v) is 22.1. The normalized spacial score (nSPS) is 10.5. The third kappa shape index (κ3) is 20.3. The first kappa shape index (κ1) is 53.4. The van der Waals surface area contributed by atoms with E-state index >= 15 is 0 Å². The van der Waals surface area contributed by atoms with Crippen molar-refractivity contribution in [2.45, 2.75) is 84.7 Å². The number of hydrogen-bond acceptors (Lipinski definition) is 15. The van der Waals surface area contributed by atoms with Gasteiger partial charge >= 0.3 is 35.8 Å². The first-order valence-electron chi connectivity index (χ1n) is 22.1. The van der Waals surface area contributed by atoms with E-state index in [0.29, 0.717) is 92.3 Å². The molecule has 0 heterocycles. The highest BCUT2D eigenvalue weighted by molar-refractivity contribution is 6.16. The Kier molecular flexibility index (Phi) is 24.5. The van der Waals surface area contributed by atoms with E-state index in [-0.39, 0.29) is 69.0 Å². The van der Waals surface area contributed by atoms with Crippen LogP contribution in [0.5, 0.6) is 17.2 Å². The molecule has 66 heavy (non-hydrogen) atoms. The van der Waals surface area contributed by atoms with E-state index < -0.39 is 41.9 Å². The molecule has 15 nitrogen and oxygen atoms in total. The first-order chi connectivity index (χ1) is 31.8. The average Bonchev–Trinajstić information content (AvgIpc) is 3.32. The lowest BCUT2D eigenvalue weighted by Gasteiger charge is -2.18. The van der Waals surface area contributed by atoms with Crippen LogP contribution < -0.4 is 14.2 Å². The summed E-state index contributed by atoms with van der Waals surface area (Å²) in [6.07, 6.45) is 2.18. The molecule has 0 N–H and O–H groups in total. The SMILES string of the molecule is C=C(C(=O)OCC)c1ccc(OCCCCC(=O)OCC(COC(=O)CCCCOc2ccc(C(=C)C(=O)OCC)cc2)OC(=O)CCCCOc2ccc(C(=C)C(=O)OCC)cc2)cc1. The number of benzene rings is 3. The van der Waals surface area contributed by atoms with Gasteiger partial charge in [0.05, 0.1) is 56.4 Å². The molecule has 3 aromatic rings. The zero-order chi connectivity index (χ0) is 48.1. The van der Waals surface area contributed by atoms with Crippen LogP contribution in [0.1, 0.15) is 95.2 Å². The minimum Gasteiger partial charge on any atom is -0.494 e. The number of unbranched alkanes of at least 4 members (excludes halogenated alkanes) is 3. The molecular weight excluding hydrogens is 853 g/mol. The second-order valence-electron chi connectivity index (χ2n) is 14.6. The number of carbonyl (C=O) groups is 6. The van der Waals surface area contributed by atoms with Crippen LogP contribution in [0.2, 0.25) is 0 Å². The van der Waals surface area contributed by atoms with Crippen LogP contribution in [-0.2, 0) is 57.2 Å². The maximum atomic E-state index is 12.8. The Labute approximate surface area is 387 Å². The van der Waals surface area contributed by atoms with Gasteiger partial charge in [-0.2, -0.15) is 0 Å². The summed E-state index contributed by atoms with van der Waals surface area (Å²) >= 11 is 0. The van der Waals surface area contributed by atoms with E-state index in [0.717, 1.165) is 0 Å². The van der Waals surface area contributed by atoms with Crippen molar-refractivity contribution in [3.05, 3.63) is 109 Å². The van der Waals surface area contributed by atoms with Crippen molar-refractivity contribution in [1.82, 2.24) is 0 Å². The van der Waals surface area contributed by atoms with Crippen molar-refractivity contribution in [3.63, 3.8) is 0 Å². The summed E-state index contributed by atoms with van der Waals surface area (Å²) < 4.78 is 48.7. The van der Waals surface area contributed by atoms with E-state index in [1.807, 2.05) is 0 Å². The lowest BCUT2D eigenvalue weighted by atomic mass is 10.1. The van der Waals surface area contributed by atoms with Crippen LogP contribution in [0.4, 0.5) is 0 Å². The summed E-state index contributed by atoms with van der Waals surface area (Å²) in [7, 11) is 0. The molecule has 0 aliphatic heterocycles. The van der Waals surface area contributed by atoms with Crippen LogP contribution >= 0.6 is 0 Å². The third-order valence-corrected chi connectivity index (χ3v) is 9.46. The topological polar surface area (TPSA) is 185 Å². The highest BCUT2D eigenvalue weighted by atomic mass is 16.6. The van der Waals surface area contributed by atoms with Crippen molar-refractivity contribution in [2.75, 3.05) is 52.9 Å². The van der Waals surface area contributed by atoms with Crippen molar-refractivity contribution in [1.29, 1.82) is 0 Å². The maximum Gasteiger partial charge on any atom is 0.338 e. The van der Waals surface area contributed by atoms with Gasteiger partial charge in [-0.15, -0.1) is 0 Å². The van der Waals surface area contributed by atoms with Crippen molar-refractivity contribution in [2.24, 2.45) is 0 Å². The molecule has 0 atom stereocenters. The average molecular weight is 915 g/mol. The molecule has 356 valence electrons. The molecule has 0 radical (unpaired) electrons. The Hall–Kier alpha value is -6.90. The van der Waals surface area contributed by atoms with Crippen LogP contribution in [0.25, 0.3) is 16.7 Å². The third-order valence-electron chi connectivity index (χ3n) is 9.46. The van der Waals surface area contributed by atoms with Crippen LogP contribution in [-0.4, -0.2) is 94.8 Å². The fraction of sp³-hybridized carbons (Fsp3) is 0.412. The summed E-state index contributed by atoms with van der Waals surface area (Å²) in [5, 5.41) is 0. The summed E-state index contributed by atoms with van der Waals surface area (Å²) in [5.41, 5.74) is 2.61. The number of ether oxygens (including phenoxy) is 9. The van der Waals surface area contributed by atoms with Gasteiger partial charge in [0.2, 0.25) is 0 Å². The van der Waals surface area contributed by atoms with E-state index in [4.69, 9.17) is 42.6 Å². The minimum atomic E-state index is -1.03. The Bertz CT molecular complexity index is 1950. The van der Waals surface area contributed by atoms with E-state index in [2.05, 4.69) is 19.7 Å². The van der Waals surface area contributed by atoms with E-state index in [1.165, 1.54) is 0 Å². The highest BCUT2D eigenvalue weighted by Crippen LogP contribution is 2.22. The van der Waals surface area contributed by atoms with Crippen molar-refractivity contribution < 1.29 is 71.4 Å². The molecule has 0 fully saturated rings. The van der Waals surface area contributed by atoms with Crippen molar-refractivity contribution in [3.8, 4) is 17.2 Å². The summed E-state index contributed by atoms with van der Waals surface area (Å²) in [6.45, 7) is 17.6. The Morgan fingerprint density at radius 3 is 0.985 bits per heavy atom. The van der Waals surface area contributed by atoms with Crippen LogP contribution in [0.3, 0.4) is 0 Å². The van der Waals surface area contributed by atoms with Gasteiger partial charge in [0.15, 0.2) is 6.10 Å². The molecule has 0 saturated heterocycles. The summed E-state index contributed by atoms with van der Waals surface area (Å²) in [6, 6.07) is 20.6. The molecule has 0 unspecified atom stereocenters. The quantitative estimate of drug-likeness (QED) is 0.0251. The smallest absolute Gasteiger partial charge is 0.338 e. The van der Waals surface area contributed by atoms with Gasteiger partial charge in [0.1, 0.15) is 30.5 Å². The molecule has 3 rings (SSSR count). The zero-order valence-electron chi connectivity index (χ0n) is 38.3. The predicted octanol–water partition coefficient (Wildman–Crippen LogP) is 8.46. The predicted molar refractivity (Wildman–Crippen MR) is 246 cm³/mol. The standard InChI is InChI=1S/C51H62O15/c1-7-58-49(55)36(4)39-19-25-42(26-20-39)61-31-13-10-16-46(52)64-34-45(66-48(54)18-12-15-33-63-44-29-23-41(24-30-44)38(6)51(57)60-9-3)35-65-47(53)17-11-14-32-62-43-27-21-40(22-28-43)37(5)50(56)59-8-2/h19-30,45H,4-18,31-35H2,1-3H3. The van der Waals surface area contributed by atoms with E-state index in [1.54, 1.807) is 93.6 Å². The largest absolute Gasteiger partial charge is 0.494 e. The van der Waals surface area contributed by atoms with Gasteiger partial charge < -0.3 is 42.6 Å². The second kappa shape index (κ2) is 30.3. The number of carbonyl (C=O) groups excluding carboxylic acids is 6.